The zero-order chi connectivity index (χ0) is 11.4. The summed E-state index contributed by atoms with van der Waals surface area (Å²) >= 11 is 0. The number of aromatic nitrogens is 4. The molecule has 0 aromatic carbocycles. The second kappa shape index (κ2) is 9.38. The minimum absolute atomic E-state index is 0. The molecule has 2 aromatic heterocycles. The molecule has 0 spiro atoms. The quantitative estimate of drug-likeness (QED) is 0.467. The molecule has 2 radical (unpaired) electrons. The average Bonchev–Trinajstić information content (AvgIpc) is 2.27. The molecule has 2 rings (SSSR count). The summed E-state index contributed by atoms with van der Waals surface area (Å²) in [6.07, 6.45) is 2.84. The second-order valence-electron chi connectivity index (χ2n) is 2.65. The Bertz CT molecular complexity index is 550. The average molecular weight is 300 g/mol. The van der Waals surface area contributed by atoms with Gasteiger partial charge < -0.3 is 9.97 Å². The number of hydrogen-bond donors (Lipinski definition) is 2. The first kappa shape index (κ1) is 18.5. The Morgan fingerprint density at radius 1 is 0.833 bits per heavy atom. The summed E-state index contributed by atoms with van der Waals surface area (Å²) in [5.74, 6) is 0. The largest absolute Gasteiger partial charge is 0.301 e. The standard InChI is InChI=1S/C8H6N4O2S2.2Na/c13-5-1-3-9-7(11-5)15-16-8-10-4-2-6(14)12-8;;/h1-4H,(H,9,11,13)(H,10,12,14);;. The van der Waals surface area contributed by atoms with Crippen LogP contribution in [0, 0.1) is 0 Å². The van der Waals surface area contributed by atoms with Crippen LogP contribution in [0.1, 0.15) is 0 Å². The van der Waals surface area contributed by atoms with Crippen molar-refractivity contribution in [1.82, 2.24) is 19.9 Å². The van der Waals surface area contributed by atoms with Gasteiger partial charge in [-0.15, -0.1) is 0 Å². The summed E-state index contributed by atoms with van der Waals surface area (Å²) in [4.78, 5) is 34.9. The number of nitrogens with zero attached hydrogens (tertiary/aromatic N) is 2. The molecule has 0 aliphatic carbocycles. The zero-order valence-corrected chi connectivity index (χ0v) is 15.5. The molecular formula is C8H6N4Na2O2S2. The van der Waals surface area contributed by atoms with Crippen LogP contribution in [0.25, 0.3) is 0 Å². The third-order valence-corrected chi connectivity index (χ3v) is 3.51. The Hall–Kier alpha value is 0.460. The van der Waals surface area contributed by atoms with Crippen molar-refractivity contribution in [1.29, 1.82) is 0 Å². The van der Waals surface area contributed by atoms with Gasteiger partial charge in [0.05, 0.1) is 0 Å². The molecule has 2 aromatic rings. The van der Waals surface area contributed by atoms with E-state index < -0.39 is 0 Å². The Balaban J connectivity index is 0.00000144. The van der Waals surface area contributed by atoms with Crippen molar-refractivity contribution < 1.29 is 0 Å². The van der Waals surface area contributed by atoms with Crippen LogP contribution in [0.3, 0.4) is 0 Å². The minimum atomic E-state index is -0.215. The molecule has 2 heterocycles. The summed E-state index contributed by atoms with van der Waals surface area (Å²) < 4.78 is 0. The van der Waals surface area contributed by atoms with E-state index in [-0.39, 0.29) is 70.2 Å². The van der Waals surface area contributed by atoms with E-state index in [0.29, 0.717) is 10.3 Å². The molecule has 0 bridgehead atoms. The number of nitrogens with one attached hydrogen (secondary N) is 2. The SMILES string of the molecule is O=c1ccnc(SSc2nccc(=O)[nH]2)[nH]1.[Na].[Na]. The number of aromatic amines is 2. The summed E-state index contributed by atoms with van der Waals surface area (Å²) in [6, 6.07) is 2.66. The number of rotatable bonds is 3. The molecule has 0 saturated heterocycles. The van der Waals surface area contributed by atoms with Gasteiger partial charge in [0.2, 0.25) is 0 Å². The third kappa shape index (κ3) is 6.07. The van der Waals surface area contributed by atoms with Gasteiger partial charge in [0.1, 0.15) is 0 Å². The van der Waals surface area contributed by atoms with Crippen molar-refractivity contribution in [3.63, 3.8) is 0 Å². The molecule has 0 atom stereocenters. The van der Waals surface area contributed by atoms with Gasteiger partial charge in [-0.2, -0.15) is 0 Å². The van der Waals surface area contributed by atoms with Crippen molar-refractivity contribution in [3.8, 4) is 0 Å². The molecule has 0 amide bonds. The van der Waals surface area contributed by atoms with Crippen molar-refractivity contribution in [2.75, 3.05) is 0 Å². The van der Waals surface area contributed by atoms with Gasteiger partial charge in [-0.25, -0.2) is 9.97 Å². The molecule has 0 saturated carbocycles. The molecule has 2 N–H and O–H groups in total. The summed E-state index contributed by atoms with van der Waals surface area (Å²) in [5.41, 5.74) is -0.430. The second-order valence-corrected chi connectivity index (χ2v) is 4.75. The van der Waals surface area contributed by atoms with Crippen molar-refractivity contribution >= 4 is 80.7 Å². The fraction of sp³-hybridized carbons (Fsp3) is 0. The van der Waals surface area contributed by atoms with Crippen LogP contribution in [0.15, 0.2) is 44.4 Å². The van der Waals surface area contributed by atoms with Gasteiger partial charge in [0, 0.05) is 83.6 Å². The number of H-pyrrole nitrogens is 2. The van der Waals surface area contributed by atoms with E-state index >= 15 is 0 Å². The monoisotopic (exact) mass is 300 g/mol. The molecule has 6 nitrogen and oxygen atoms in total. The van der Waals surface area contributed by atoms with Crippen LogP contribution in [-0.2, 0) is 0 Å². The van der Waals surface area contributed by atoms with Gasteiger partial charge in [0.15, 0.2) is 10.3 Å². The van der Waals surface area contributed by atoms with Crippen LogP contribution in [-0.4, -0.2) is 79.1 Å². The molecule has 10 heteroatoms. The molecule has 84 valence electrons. The van der Waals surface area contributed by atoms with Gasteiger partial charge >= 0.3 is 0 Å². The summed E-state index contributed by atoms with van der Waals surface area (Å²) in [7, 11) is 2.43. The first-order valence-electron chi connectivity index (χ1n) is 4.19. The van der Waals surface area contributed by atoms with E-state index in [4.69, 9.17) is 0 Å². The van der Waals surface area contributed by atoms with Gasteiger partial charge in [-0.05, 0) is 21.6 Å². The molecule has 0 unspecified atom stereocenters. The molecule has 0 aliphatic heterocycles. The topological polar surface area (TPSA) is 91.5 Å². The Kier molecular flexibility index (Phi) is 9.62. The Labute approximate surface area is 154 Å². The molecule has 0 fully saturated rings. The molecule has 0 aliphatic rings. The Morgan fingerprint density at radius 2 is 1.22 bits per heavy atom. The smallest absolute Gasteiger partial charge is 0.251 e. The normalized spacial score (nSPS) is 9.11. The van der Waals surface area contributed by atoms with Crippen molar-refractivity contribution in [2.24, 2.45) is 0 Å². The van der Waals surface area contributed by atoms with Gasteiger partial charge in [0.25, 0.3) is 11.1 Å². The summed E-state index contributed by atoms with van der Waals surface area (Å²) in [5, 5.41) is 0.924. The first-order chi connectivity index (χ1) is 7.74. The third-order valence-electron chi connectivity index (χ3n) is 1.50. The van der Waals surface area contributed by atoms with Crippen LogP contribution in [0.2, 0.25) is 0 Å². The van der Waals surface area contributed by atoms with Crippen LogP contribution in [0.4, 0.5) is 0 Å². The first-order valence-corrected chi connectivity index (χ1v) is 6.34. The fourth-order valence-corrected chi connectivity index (χ4v) is 2.50. The van der Waals surface area contributed by atoms with Crippen LogP contribution < -0.4 is 11.1 Å². The van der Waals surface area contributed by atoms with Crippen LogP contribution in [0.5, 0.6) is 0 Å². The minimum Gasteiger partial charge on any atom is -0.301 e. The summed E-state index contributed by atoms with van der Waals surface area (Å²) in [6.45, 7) is 0. The van der Waals surface area contributed by atoms with Crippen LogP contribution >= 0.6 is 21.6 Å². The maximum atomic E-state index is 11.0. The maximum Gasteiger partial charge on any atom is 0.251 e. The van der Waals surface area contributed by atoms with Gasteiger partial charge in [-0.3, -0.25) is 9.59 Å². The van der Waals surface area contributed by atoms with Gasteiger partial charge in [-0.1, -0.05) is 0 Å². The maximum absolute atomic E-state index is 11.0. The van der Waals surface area contributed by atoms with E-state index in [1.54, 1.807) is 0 Å². The number of hydrogen-bond acceptors (Lipinski definition) is 6. The van der Waals surface area contributed by atoms with Crippen molar-refractivity contribution in [3.05, 3.63) is 45.2 Å². The Morgan fingerprint density at radius 3 is 1.56 bits per heavy atom. The van der Waals surface area contributed by atoms with Crippen molar-refractivity contribution in [2.45, 2.75) is 10.3 Å². The predicted molar refractivity (Wildman–Crippen MR) is 72.9 cm³/mol. The predicted octanol–water partition coefficient (Wildman–Crippen LogP) is -0.109. The van der Waals surface area contributed by atoms with E-state index in [1.807, 2.05) is 0 Å². The molecule has 18 heavy (non-hydrogen) atoms. The van der Waals surface area contributed by atoms with E-state index in [2.05, 4.69) is 19.9 Å². The van der Waals surface area contributed by atoms with E-state index in [1.165, 1.54) is 46.1 Å². The van der Waals surface area contributed by atoms with E-state index in [9.17, 15) is 9.59 Å². The molecular weight excluding hydrogens is 294 g/mol. The van der Waals surface area contributed by atoms with E-state index in [0.717, 1.165) is 0 Å². The zero-order valence-electron chi connectivity index (χ0n) is 9.84. The fourth-order valence-electron chi connectivity index (χ4n) is 0.868.